The van der Waals surface area contributed by atoms with Gasteiger partial charge in [0.05, 0.1) is 22.1 Å². The Bertz CT molecular complexity index is 4480. The number of para-hydroxylation sites is 6. The molecule has 0 aliphatic carbocycles. The standard InChI is InChI=1S/C75H58B2N4S2/c1-44(2)55-41-65-70-72-68(55)53-31-19-21-33-61(53)80(72)63-39-51(78(47-23-11-7-12-24-47)48-25-13-8-14-26-48)35-37-57(63)76(70)59-43-60-75(67(46(5)6)74(59)82-65)83-66-42-56(45(3)4)69-54-32-20-22-34-62(54)81-64-40-52(36-38-58(64)77(60)71(66)73(69)81)79(49-27-15-9-16-28-49)50-29-17-10-18-30-50/h7-46H,1-6H3. The molecule has 0 amide bonds. The Balaban J connectivity index is 0.966. The van der Waals surface area contributed by atoms with Crippen LogP contribution in [0.1, 0.15) is 76.0 Å². The molecule has 17 rings (SSSR count). The number of hydrogen-bond acceptors (Lipinski definition) is 4. The molecule has 0 bridgehead atoms. The summed E-state index contributed by atoms with van der Waals surface area (Å²) in [5, 5.41) is 5.43. The summed E-state index contributed by atoms with van der Waals surface area (Å²) in [7, 11) is 0. The van der Waals surface area contributed by atoms with Crippen molar-refractivity contribution in [3.63, 3.8) is 0 Å². The number of anilines is 6. The molecule has 0 N–H and O–H groups in total. The monoisotopic (exact) mass is 1100 g/mol. The number of aromatic nitrogens is 2. The maximum Gasteiger partial charge on any atom is 0.249 e. The van der Waals surface area contributed by atoms with Crippen LogP contribution in [0.25, 0.3) is 55.0 Å². The molecule has 0 spiro atoms. The van der Waals surface area contributed by atoms with E-state index in [-0.39, 0.29) is 19.3 Å². The van der Waals surface area contributed by atoms with E-state index in [0.29, 0.717) is 11.8 Å². The third kappa shape index (κ3) is 7.00. The van der Waals surface area contributed by atoms with Crippen LogP contribution in [0, 0.1) is 0 Å². The summed E-state index contributed by atoms with van der Waals surface area (Å²) in [6, 6.07) is 84.7. The van der Waals surface area contributed by atoms with Crippen LogP contribution in [0.3, 0.4) is 0 Å². The molecule has 0 fully saturated rings. The largest absolute Gasteiger partial charge is 0.310 e. The average Bonchev–Trinajstić information content (AvgIpc) is 1.96. The molecule has 0 saturated heterocycles. The minimum absolute atomic E-state index is 0.00699. The molecule has 8 heteroatoms. The fourth-order valence-electron chi connectivity index (χ4n) is 15.0. The van der Waals surface area contributed by atoms with Crippen molar-refractivity contribution < 1.29 is 0 Å². The van der Waals surface area contributed by atoms with Gasteiger partial charge in [0, 0.05) is 86.6 Å². The van der Waals surface area contributed by atoms with E-state index < -0.39 is 0 Å². The Kier molecular flexibility index (Phi) is 10.9. The van der Waals surface area contributed by atoms with E-state index in [1.807, 2.05) is 23.5 Å². The van der Waals surface area contributed by atoms with Gasteiger partial charge in [-0.3, -0.25) is 0 Å². The smallest absolute Gasteiger partial charge is 0.249 e. The highest BCUT2D eigenvalue weighted by Crippen LogP contribution is 2.51. The molecule has 11 aromatic carbocycles. The molecular weight excluding hydrogens is 1040 g/mol. The van der Waals surface area contributed by atoms with E-state index in [2.05, 4.69) is 285 Å². The summed E-state index contributed by atoms with van der Waals surface area (Å²) >= 11 is 4.10. The van der Waals surface area contributed by atoms with E-state index >= 15 is 0 Å². The van der Waals surface area contributed by atoms with Crippen molar-refractivity contribution in [2.24, 2.45) is 0 Å². The van der Waals surface area contributed by atoms with Crippen molar-refractivity contribution in [2.75, 3.05) is 9.80 Å². The molecule has 6 heterocycles. The van der Waals surface area contributed by atoms with Gasteiger partial charge in [-0.2, -0.15) is 0 Å². The first-order valence-electron chi connectivity index (χ1n) is 29.6. The zero-order valence-corrected chi connectivity index (χ0v) is 49.0. The van der Waals surface area contributed by atoms with Crippen LogP contribution in [0.2, 0.25) is 0 Å². The Labute approximate surface area is 494 Å². The number of rotatable bonds is 9. The average molecular weight is 1100 g/mol. The third-order valence-corrected chi connectivity index (χ3v) is 20.9. The molecule has 4 nitrogen and oxygen atoms in total. The first-order chi connectivity index (χ1) is 40.7. The molecule has 4 aliphatic rings. The molecule has 0 unspecified atom stereocenters. The molecule has 0 atom stereocenters. The summed E-state index contributed by atoms with van der Waals surface area (Å²) in [6.07, 6.45) is 0. The molecule has 83 heavy (non-hydrogen) atoms. The van der Waals surface area contributed by atoms with Gasteiger partial charge in [-0.1, -0.05) is 203 Å². The summed E-state index contributed by atoms with van der Waals surface area (Å²) in [4.78, 5) is 10.5. The molecule has 2 aromatic heterocycles. The van der Waals surface area contributed by atoms with Gasteiger partial charge >= 0.3 is 0 Å². The van der Waals surface area contributed by atoms with Gasteiger partial charge in [-0.15, -0.1) is 0 Å². The molecule has 0 saturated carbocycles. The number of nitrogens with zero attached hydrogens (tertiary/aromatic N) is 4. The predicted octanol–water partition coefficient (Wildman–Crippen LogP) is 16.8. The summed E-state index contributed by atoms with van der Waals surface area (Å²) in [5.41, 5.74) is 27.3. The van der Waals surface area contributed by atoms with Gasteiger partial charge in [-0.05, 0) is 153 Å². The van der Waals surface area contributed by atoms with Gasteiger partial charge in [0.25, 0.3) is 0 Å². The highest BCUT2D eigenvalue weighted by Gasteiger charge is 2.47. The lowest BCUT2D eigenvalue weighted by molar-refractivity contribution is 0.821. The van der Waals surface area contributed by atoms with Crippen LogP contribution in [0.4, 0.5) is 34.1 Å². The van der Waals surface area contributed by atoms with Gasteiger partial charge < -0.3 is 18.9 Å². The summed E-state index contributed by atoms with van der Waals surface area (Å²) in [5.74, 6) is 0.899. The molecular formula is C75H58B2N4S2. The first kappa shape index (κ1) is 49.1. The fourth-order valence-corrected chi connectivity index (χ4v) is 18.0. The normalized spacial score (nSPS) is 13.4. The van der Waals surface area contributed by atoms with E-state index in [1.54, 1.807) is 0 Å². The van der Waals surface area contributed by atoms with Crippen molar-refractivity contribution in [3.8, 4) is 11.4 Å². The highest BCUT2D eigenvalue weighted by molar-refractivity contribution is 8.01. The molecule has 13 aromatic rings. The highest BCUT2D eigenvalue weighted by atomic mass is 32.2. The van der Waals surface area contributed by atoms with Crippen LogP contribution in [0.15, 0.2) is 244 Å². The number of benzene rings is 11. The molecule has 0 radical (unpaired) electrons. The van der Waals surface area contributed by atoms with Crippen LogP contribution in [0.5, 0.6) is 0 Å². The minimum atomic E-state index is -0.00699. The van der Waals surface area contributed by atoms with Crippen LogP contribution in [-0.2, 0) is 0 Å². The van der Waals surface area contributed by atoms with Crippen molar-refractivity contribution in [3.05, 3.63) is 241 Å². The lowest BCUT2D eigenvalue weighted by Crippen LogP contribution is -2.63. The Morgan fingerprint density at radius 3 is 1.07 bits per heavy atom. The third-order valence-electron chi connectivity index (χ3n) is 18.4. The molecule has 4 aliphatic heterocycles. The number of hydrogen-bond donors (Lipinski definition) is 0. The maximum absolute atomic E-state index is 2.73. The van der Waals surface area contributed by atoms with E-state index in [4.69, 9.17) is 0 Å². The van der Waals surface area contributed by atoms with Crippen molar-refractivity contribution in [2.45, 2.75) is 78.9 Å². The van der Waals surface area contributed by atoms with E-state index in [0.717, 1.165) is 34.1 Å². The quantitative estimate of drug-likeness (QED) is 0.134. The lowest BCUT2D eigenvalue weighted by Gasteiger charge is -2.40. The predicted molar refractivity (Wildman–Crippen MR) is 357 cm³/mol. The van der Waals surface area contributed by atoms with Crippen LogP contribution < -0.4 is 42.6 Å². The summed E-state index contributed by atoms with van der Waals surface area (Å²) < 4.78 is 5.31. The van der Waals surface area contributed by atoms with Crippen molar-refractivity contribution in [1.29, 1.82) is 0 Å². The second kappa shape index (κ2) is 18.5. The zero-order chi connectivity index (χ0) is 55.5. The van der Waals surface area contributed by atoms with Gasteiger partial charge in [0.2, 0.25) is 13.4 Å². The molecule has 396 valence electrons. The Hall–Kier alpha value is -8.55. The Morgan fingerprint density at radius 2 is 0.711 bits per heavy atom. The SMILES string of the molecule is CC(C)c1c2c(cc3c1Sc1cc(C(C)C)c4c5ccccc5n5c4c1B3c1ccc(N(c3ccccc3)c3ccccc3)cc1-5)B1c3ccc(N(c4ccccc4)c4ccccc4)cc3-n3c4ccccc4c4c(C(C)C)cc(c1c43)S2. The van der Waals surface area contributed by atoms with Crippen LogP contribution in [-0.4, -0.2) is 22.6 Å². The topological polar surface area (TPSA) is 16.3 Å². The first-order valence-corrected chi connectivity index (χ1v) is 31.2. The van der Waals surface area contributed by atoms with Crippen molar-refractivity contribution >= 4 is 147 Å². The maximum atomic E-state index is 2.73. The van der Waals surface area contributed by atoms with Crippen molar-refractivity contribution in [1.82, 2.24) is 9.13 Å². The fraction of sp³-hybridized carbons (Fsp3) is 0.120. The lowest BCUT2D eigenvalue weighted by atomic mass is 9.32. The zero-order valence-electron chi connectivity index (χ0n) is 47.4. The van der Waals surface area contributed by atoms with Gasteiger partial charge in [0.15, 0.2) is 0 Å². The summed E-state index contributed by atoms with van der Waals surface area (Å²) in [6.45, 7) is 14.4. The second-order valence-corrected chi connectivity index (χ2v) is 26.2. The van der Waals surface area contributed by atoms with E-state index in [1.165, 1.54) is 124 Å². The van der Waals surface area contributed by atoms with Crippen LogP contribution >= 0.6 is 23.5 Å². The minimum Gasteiger partial charge on any atom is -0.310 e. The van der Waals surface area contributed by atoms with Gasteiger partial charge in [-0.25, -0.2) is 0 Å². The second-order valence-electron chi connectivity index (χ2n) is 24.1. The van der Waals surface area contributed by atoms with E-state index in [9.17, 15) is 0 Å². The van der Waals surface area contributed by atoms with Gasteiger partial charge in [0.1, 0.15) is 0 Å². The Morgan fingerprint density at radius 1 is 0.349 bits per heavy atom. The number of fused-ring (bicyclic) bond motifs is 16.